The van der Waals surface area contributed by atoms with E-state index in [-0.39, 0.29) is 6.10 Å². The summed E-state index contributed by atoms with van der Waals surface area (Å²) in [6, 6.07) is 0. The molecule has 0 N–H and O–H groups in total. The van der Waals surface area contributed by atoms with E-state index in [1.165, 1.54) is 6.26 Å². The fourth-order valence-electron chi connectivity index (χ4n) is 1.10. The molecule has 14 heavy (non-hydrogen) atoms. The van der Waals surface area contributed by atoms with Crippen LogP contribution in [0.15, 0.2) is 25.2 Å². The van der Waals surface area contributed by atoms with Crippen LogP contribution in [-0.4, -0.2) is 39.1 Å². The largest absolute Gasteiger partial charge is 0.499 e. The molecule has 0 saturated carbocycles. The van der Waals surface area contributed by atoms with Gasteiger partial charge in [-0.05, 0) is 0 Å². The van der Waals surface area contributed by atoms with Crippen molar-refractivity contribution in [3.63, 3.8) is 0 Å². The molecular formula is C10H16O4. The molecule has 1 rings (SSSR count). The summed E-state index contributed by atoms with van der Waals surface area (Å²) in [7, 11) is 0. The van der Waals surface area contributed by atoms with Crippen LogP contribution in [0, 0.1) is 0 Å². The predicted molar refractivity (Wildman–Crippen MR) is 51.8 cm³/mol. The Hall–Kier alpha value is -1.00. The van der Waals surface area contributed by atoms with Crippen LogP contribution >= 0.6 is 0 Å². The minimum Gasteiger partial charge on any atom is -0.499 e. The van der Waals surface area contributed by atoms with Gasteiger partial charge < -0.3 is 18.9 Å². The summed E-state index contributed by atoms with van der Waals surface area (Å²) in [4.78, 5) is 0. The SMILES string of the molecule is C=COCCOCC1COCC(=C)O1. The van der Waals surface area contributed by atoms with Crippen LogP contribution in [0.2, 0.25) is 0 Å². The van der Waals surface area contributed by atoms with Crippen molar-refractivity contribution in [1.82, 2.24) is 0 Å². The van der Waals surface area contributed by atoms with Crippen molar-refractivity contribution >= 4 is 0 Å². The van der Waals surface area contributed by atoms with Gasteiger partial charge in [0.15, 0.2) is 0 Å². The van der Waals surface area contributed by atoms with Crippen molar-refractivity contribution < 1.29 is 18.9 Å². The minimum atomic E-state index is -0.0417. The third-order valence-electron chi connectivity index (χ3n) is 1.67. The number of rotatable bonds is 6. The molecule has 1 heterocycles. The lowest BCUT2D eigenvalue weighted by molar-refractivity contribution is -0.0808. The molecule has 0 aromatic heterocycles. The highest BCUT2D eigenvalue weighted by molar-refractivity contribution is 4.87. The van der Waals surface area contributed by atoms with Crippen LogP contribution in [0.25, 0.3) is 0 Å². The molecule has 80 valence electrons. The second-order valence-corrected chi connectivity index (χ2v) is 2.91. The van der Waals surface area contributed by atoms with E-state index < -0.39 is 0 Å². The van der Waals surface area contributed by atoms with Gasteiger partial charge in [-0.2, -0.15) is 0 Å². The van der Waals surface area contributed by atoms with Crippen molar-refractivity contribution in [2.24, 2.45) is 0 Å². The smallest absolute Gasteiger partial charge is 0.145 e. The zero-order valence-electron chi connectivity index (χ0n) is 8.24. The molecule has 1 saturated heterocycles. The molecule has 0 bridgehead atoms. The standard InChI is InChI=1S/C10H16O4/c1-3-11-4-5-12-7-10-8-13-6-9(2)14-10/h3,10H,1-2,4-8H2. The summed E-state index contributed by atoms with van der Waals surface area (Å²) in [5.41, 5.74) is 0. The average molecular weight is 200 g/mol. The fraction of sp³-hybridized carbons (Fsp3) is 0.600. The maximum absolute atomic E-state index is 5.39. The highest BCUT2D eigenvalue weighted by Gasteiger charge is 2.16. The van der Waals surface area contributed by atoms with Gasteiger partial charge in [0.1, 0.15) is 25.1 Å². The van der Waals surface area contributed by atoms with Gasteiger partial charge in [-0.3, -0.25) is 0 Å². The Morgan fingerprint density at radius 3 is 3.07 bits per heavy atom. The van der Waals surface area contributed by atoms with Gasteiger partial charge in [0.2, 0.25) is 0 Å². The summed E-state index contributed by atoms with van der Waals surface area (Å²) >= 11 is 0. The molecule has 0 radical (unpaired) electrons. The van der Waals surface area contributed by atoms with Crippen LogP contribution in [-0.2, 0) is 18.9 Å². The Kier molecular flexibility index (Phi) is 5.11. The Morgan fingerprint density at radius 2 is 2.36 bits per heavy atom. The van der Waals surface area contributed by atoms with Crippen molar-refractivity contribution in [1.29, 1.82) is 0 Å². The zero-order valence-corrected chi connectivity index (χ0v) is 8.24. The lowest BCUT2D eigenvalue weighted by atomic mass is 10.3. The number of ether oxygens (including phenoxy) is 4. The van der Waals surface area contributed by atoms with Crippen LogP contribution in [0.3, 0.4) is 0 Å². The summed E-state index contributed by atoms with van der Waals surface area (Å²) in [5, 5.41) is 0. The van der Waals surface area contributed by atoms with Crippen LogP contribution in [0.4, 0.5) is 0 Å². The van der Waals surface area contributed by atoms with Crippen LogP contribution in [0.1, 0.15) is 0 Å². The van der Waals surface area contributed by atoms with Gasteiger partial charge >= 0.3 is 0 Å². The Morgan fingerprint density at radius 1 is 1.50 bits per heavy atom. The van der Waals surface area contributed by atoms with Crippen molar-refractivity contribution in [3.8, 4) is 0 Å². The molecular weight excluding hydrogens is 184 g/mol. The summed E-state index contributed by atoms with van der Waals surface area (Å²) in [6.45, 7) is 9.68. The molecule has 4 heteroatoms. The molecule has 1 unspecified atom stereocenters. The van der Waals surface area contributed by atoms with E-state index in [0.29, 0.717) is 38.8 Å². The van der Waals surface area contributed by atoms with Gasteiger partial charge in [0, 0.05) is 0 Å². The van der Waals surface area contributed by atoms with E-state index in [9.17, 15) is 0 Å². The predicted octanol–water partition coefficient (Wildman–Crippen LogP) is 1.09. The van der Waals surface area contributed by atoms with E-state index in [1.54, 1.807) is 0 Å². The molecule has 0 aromatic rings. The summed E-state index contributed by atoms with van der Waals surface area (Å²) < 4.78 is 20.8. The van der Waals surface area contributed by atoms with Crippen molar-refractivity contribution in [3.05, 3.63) is 25.2 Å². The second-order valence-electron chi connectivity index (χ2n) is 2.91. The first kappa shape index (κ1) is 11.1. The molecule has 0 spiro atoms. The Balaban J connectivity index is 2.00. The molecule has 4 nitrogen and oxygen atoms in total. The highest BCUT2D eigenvalue weighted by atomic mass is 16.6. The van der Waals surface area contributed by atoms with Gasteiger partial charge in [0.05, 0.1) is 26.1 Å². The van der Waals surface area contributed by atoms with Crippen LogP contribution < -0.4 is 0 Å². The number of hydrogen-bond donors (Lipinski definition) is 0. The van der Waals surface area contributed by atoms with Gasteiger partial charge in [-0.1, -0.05) is 13.2 Å². The molecule has 1 aliphatic heterocycles. The maximum Gasteiger partial charge on any atom is 0.145 e. The quantitative estimate of drug-likeness (QED) is 0.475. The maximum atomic E-state index is 5.39. The van der Waals surface area contributed by atoms with E-state index >= 15 is 0 Å². The number of hydrogen-bond acceptors (Lipinski definition) is 4. The summed E-state index contributed by atoms with van der Waals surface area (Å²) in [6.07, 6.45) is 1.35. The fourth-order valence-corrected chi connectivity index (χ4v) is 1.10. The van der Waals surface area contributed by atoms with E-state index in [2.05, 4.69) is 13.2 Å². The van der Waals surface area contributed by atoms with E-state index in [1.807, 2.05) is 0 Å². The third-order valence-corrected chi connectivity index (χ3v) is 1.67. The molecule has 1 aliphatic rings. The molecule has 0 aromatic carbocycles. The molecule has 0 amide bonds. The van der Waals surface area contributed by atoms with Gasteiger partial charge in [-0.25, -0.2) is 0 Å². The van der Waals surface area contributed by atoms with Gasteiger partial charge in [-0.15, -0.1) is 0 Å². The highest BCUT2D eigenvalue weighted by Crippen LogP contribution is 2.09. The summed E-state index contributed by atoms with van der Waals surface area (Å²) in [5.74, 6) is 0.659. The van der Waals surface area contributed by atoms with Gasteiger partial charge in [0.25, 0.3) is 0 Å². The average Bonchev–Trinajstić information content (AvgIpc) is 2.18. The second kappa shape index (κ2) is 6.45. The first-order valence-corrected chi connectivity index (χ1v) is 4.55. The monoisotopic (exact) mass is 200 g/mol. The third kappa shape index (κ3) is 4.30. The van der Waals surface area contributed by atoms with Crippen molar-refractivity contribution in [2.75, 3.05) is 33.0 Å². The Bertz CT molecular complexity index is 191. The lowest BCUT2D eigenvalue weighted by Gasteiger charge is -2.25. The topological polar surface area (TPSA) is 36.9 Å². The lowest BCUT2D eigenvalue weighted by Crippen LogP contribution is -2.31. The zero-order chi connectivity index (χ0) is 10.2. The minimum absolute atomic E-state index is 0.0417. The first-order chi connectivity index (χ1) is 6.83. The van der Waals surface area contributed by atoms with E-state index in [4.69, 9.17) is 18.9 Å². The normalized spacial score (nSPS) is 21.4. The van der Waals surface area contributed by atoms with E-state index in [0.717, 1.165) is 0 Å². The molecule has 1 fully saturated rings. The first-order valence-electron chi connectivity index (χ1n) is 4.55. The Labute approximate surface area is 84.1 Å². The molecule has 0 aliphatic carbocycles. The van der Waals surface area contributed by atoms with Crippen LogP contribution in [0.5, 0.6) is 0 Å². The van der Waals surface area contributed by atoms with Crippen molar-refractivity contribution in [2.45, 2.75) is 6.10 Å². The molecule has 1 atom stereocenters.